The second-order valence-corrected chi connectivity index (χ2v) is 3.86. The Morgan fingerprint density at radius 1 is 1.44 bits per heavy atom. The van der Waals surface area contributed by atoms with Crippen LogP contribution in [0.4, 0.5) is 0 Å². The summed E-state index contributed by atoms with van der Waals surface area (Å²) in [5.41, 5.74) is 0.948. The van der Waals surface area contributed by atoms with E-state index in [1.807, 2.05) is 25.1 Å². The maximum Gasteiger partial charge on any atom is 0.320 e. The minimum atomic E-state index is -0.868. The highest BCUT2D eigenvalue weighted by Crippen LogP contribution is 2.27. The van der Waals surface area contributed by atoms with Crippen LogP contribution in [0.25, 0.3) is 0 Å². The minimum Gasteiger partial charge on any atom is -0.493 e. The Bertz CT molecular complexity index is 406. The molecule has 1 aromatic carbocycles. The first-order valence-corrected chi connectivity index (χ1v) is 5.84. The highest BCUT2D eigenvalue weighted by Gasteiger charge is 2.10. The van der Waals surface area contributed by atoms with E-state index in [2.05, 4.69) is 5.32 Å². The molecule has 1 atom stereocenters. The molecule has 0 fully saturated rings. The third-order valence-electron chi connectivity index (χ3n) is 2.51. The lowest BCUT2D eigenvalue weighted by Gasteiger charge is -2.12. The van der Waals surface area contributed by atoms with E-state index in [1.54, 1.807) is 14.0 Å². The van der Waals surface area contributed by atoms with Crippen LogP contribution in [0.15, 0.2) is 18.2 Å². The Kier molecular flexibility index (Phi) is 5.45. The van der Waals surface area contributed by atoms with E-state index in [0.29, 0.717) is 24.7 Å². The Morgan fingerprint density at radius 3 is 2.72 bits per heavy atom. The van der Waals surface area contributed by atoms with Crippen LogP contribution in [-0.4, -0.2) is 30.8 Å². The first-order chi connectivity index (χ1) is 8.58. The fourth-order valence-electron chi connectivity index (χ4n) is 1.45. The smallest absolute Gasteiger partial charge is 0.320 e. The summed E-state index contributed by atoms with van der Waals surface area (Å²) >= 11 is 0. The number of hydrogen-bond acceptors (Lipinski definition) is 4. The highest BCUT2D eigenvalue weighted by atomic mass is 16.5. The van der Waals surface area contributed by atoms with Crippen molar-refractivity contribution in [3.05, 3.63) is 23.8 Å². The summed E-state index contributed by atoms with van der Waals surface area (Å²) in [7, 11) is 1.58. The molecule has 0 aromatic heterocycles. The zero-order valence-corrected chi connectivity index (χ0v) is 10.9. The predicted octanol–water partition coefficient (Wildman–Crippen LogP) is 1.66. The monoisotopic (exact) mass is 253 g/mol. The molecule has 0 saturated carbocycles. The van der Waals surface area contributed by atoms with Gasteiger partial charge in [-0.25, -0.2) is 0 Å². The van der Waals surface area contributed by atoms with Crippen molar-refractivity contribution in [3.63, 3.8) is 0 Å². The van der Waals surface area contributed by atoms with Gasteiger partial charge in [0.1, 0.15) is 6.04 Å². The predicted molar refractivity (Wildman–Crippen MR) is 68.1 cm³/mol. The maximum absolute atomic E-state index is 10.7. The Hall–Kier alpha value is -1.75. The highest BCUT2D eigenvalue weighted by molar-refractivity contribution is 5.72. The molecular formula is C13H19NO4. The van der Waals surface area contributed by atoms with Crippen molar-refractivity contribution >= 4 is 5.97 Å². The average molecular weight is 253 g/mol. The van der Waals surface area contributed by atoms with Crippen molar-refractivity contribution in [2.24, 2.45) is 0 Å². The molecule has 0 radical (unpaired) electrons. The standard InChI is InChI=1S/C13H19NO4/c1-4-18-11-6-5-10(7-12(11)17-3)8-14-9(2)13(15)16/h5-7,9,14H,4,8H2,1-3H3,(H,15,16)/t9-/m0/s1. The molecule has 1 aromatic rings. The average Bonchev–Trinajstić information content (AvgIpc) is 2.37. The van der Waals surface area contributed by atoms with Gasteiger partial charge in [-0.2, -0.15) is 0 Å². The van der Waals surface area contributed by atoms with E-state index in [9.17, 15) is 4.79 Å². The van der Waals surface area contributed by atoms with Crippen LogP contribution in [0, 0.1) is 0 Å². The number of carbonyl (C=O) groups is 1. The van der Waals surface area contributed by atoms with Crippen LogP contribution in [0.1, 0.15) is 19.4 Å². The van der Waals surface area contributed by atoms with Gasteiger partial charge in [-0.3, -0.25) is 4.79 Å². The van der Waals surface area contributed by atoms with Crippen molar-refractivity contribution in [1.82, 2.24) is 5.32 Å². The van der Waals surface area contributed by atoms with Crippen molar-refractivity contribution in [2.45, 2.75) is 26.4 Å². The number of carboxylic acid groups (broad SMARTS) is 1. The van der Waals surface area contributed by atoms with Gasteiger partial charge in [0, 0.05) is 6.54 Å². The second kappa shape index (κ2) is 6.86. The van der Waals surface area contributed by atoms with Gasteiger partial charge in [-0.15, -0.1) is 0 Å². The van der Waals surface area contributed by atoms with Crippen LogP contribution in [-0.2, 0) is 11.3 Å². The Labute approximate surface area is 107 Å². The molecule has 0 aliphatic heterocycles. The van der Waals surface area contributed by atoms with Crippen molar-refractivity contribution in [2.75, 3.05) is 13.7 Å². The summed E-state index contributed by atoms with van der Waals surface area (Å²) < 4.78 is 10.6. The van der Waals surface area contributed by atoms with Crippen molar-refractivity contribution in [1.29, 1.82) is 0 Å². The number of carboxylic acids is 1. The summed E-state index contributed by atoms with van der Waals surface area (Å²) in [4.78, 5) is 10.7. The van der Waals surface area contributed by atoms with Gasteiger partial charge in [-0.1, -0.05) is 6.07 Å². The van der Waals surface area contributed by atoms with Crippen LogP contribution in [0.2, 0.25) is 0 Å². The van der Waals surface area contributed by atoms with E-state index >= 15 is 0 Å². The number of rotatable bonds is 7. The van der Waals surface area contributed by atoms with Gasteiger partial charge >= 0.3 is 5.97 Å². The molecule has 1 rings (SSSR count). The molecule has 5 nitrogen and oxygen atoms in total. The van der Waals surface area contributed by atoms with Gasteiger partial charge in [0.2, 0.25) is 0 Å². The molecule has 0 unspecified atom stereocenters. The fourth-order valence-corrected chi connectivity index (χ4v) is 1.45. The number of benzene rings is 1. The maximum atomic E-state index is 10.7. The van der Waals surface area contributed by atoms with Crippen LogP contribution in [0.3, 0.4) is 0 Å². The lowest BCUT2D eigenvalue weighted by Crippen LogP contribution is -2.33. The summed E-state index contributed by atoms with van der Waals surface area (Å²) in [5.74, 6) is 0.474. The molecule has 0 saturated heterocycles. The minimum absolute atomic E-state index is 0.468. The zero-order chi connectivity index (χ0) is 13.5. The van der Waals surface area contributed by atoms with E-state index in [0.717, 1.165) is 5.56 Å². The molecule has 5 heteroatoms. The third kappa shape index (κ3) is 3.92. The Balaban J connectivity index is 2.70. The van der Waals surface area contributed by atoms with E-state index < -0.39 is 12.0 Å². The van der Waals surface area contributed by atoms with Gasteiger partial charge in [0.15, 0.2) is 11.5 Å². The fraction of sp³-hybridized carbons (Fsp3) is 0.462. The van der Waals surface area contributed by atoms with Gasteiger partial charge in [0.05, 0.1) is 13.7 Å². The first-order valence-electron chi connectivity index (χ1n) is 5.84. The molecule has 2 N–H and O–H groups in total. The lowest BCUT2D eigenvalue weighted by atomic mass is 10.2. The lowest BCUT2D eigenvalue weighted by molar-refractivity contribution is -0.139. The quantitative estimate of drug-likeness (QED) is 0.773. The first kappa shape index (κ1) is 14.3. The topological polar surface area (TPSA) is 67.8 Å². The van der Waals surface area contributed by atoms with E-state index in [-0.39, 0.29) is 0 Å². The normalized spacial score (nSPS) is 11.9. The molecule has 0 spiro atoms. The number of aliphatic carboxylic acids is 1. The summed E-state index contributed by atoms with van der Waals surface area (Å²) in [6, 6.07) is 4.97. The molecule has 18 heavy (non-hydrogen) atoms. The molecule has 100 valence electrons. The summed E-state index contributed by atoms with van der Waals surface area (Å²) in [5, 5.41) is 11.7. The SMILES string of the molecule is CCOc1ccc(CN[C@@H](C)C(=O)O)cc1OC. The number of nitrogens with one attached hydrogen (secondary N) is 1. The molecular weight excluding hydrogens is 234 g/mol. The van der Waals surface area contributed by atoms with Gasteiger partial charge < -0.3 is 19.9 Å². The van der Waals surface area contributed by atoms with Crippen molar-refractivity contribution < 1.29 is 19.4 Å². The third-order valence-corrected chi connectivity index (χ3v) is 2.51. The van der Waals surface area contributed by atoms with Crippen LogP contribution in [0.5, 0.6) is 11.5 Å². The van der Waals surface area contributed by atoms with Crippen LogP contribution < -0.4 is 14.8 Å². The van der Waals surface area contributed by atoms with Gasteiger partial charge in [0.25, 0.3) is 0 Å². The summed E-state index contributed by atoms with van der Waals surface area (Å²) in [6.45, 7) is 4.55. The van der Waals surface area contributed by atoms with Crippen molar-refractivity contribution in [3.8, 4) is 11.5 Å². The molecule has 0 amide bonds. The Morgan fingerprint density at radius 2 is 2.17 bits per heavy atom. The largest absolute Gasteiger partial charge is 0.493 e. The van der Waals surface area contributed by atoms with E-state index in [4.69, 9.17) is 14.6 Å². The summed E-state index contributed by atoms with van der Waals surface area (Å²) in [6.07, 6.45) is 0. The zero-order valence-electron chi connectivity index (χ0n) is 10.9. The van der Waals surface area contributed by atoms with E-state index in [1.165, 1.54) is 0 Å². The molecule has 0 aliphatic rings. The number of methoxy groups -OCH3 is 1. The van der Waals surface area contributed by atoms with Gasteiger partial charge in [-0.05, 0) is 31.5 Å². The van der Waals surface area contributed by atoms with Crippen LogP contribution >= 0.6 is 0 Å². The number of ether oxygens (including phenoxy) is 2. The molecule has 0 aliphatic carbocycles. The molecule has 0 heterocycles. The number of hydrogen-bond donors (Lipinski definition) is 2. The molecule has 0 bridgehead atoms. The second-order valence-electron chi connectivity index (χ2n) is 3.86.